The van der Waals surface area contributed by atoms with Crippen molar-refractivity contribution in [3.63, 3.8) is 0 Å². The van der Waals surface area contributed by atoms with Crippen molar-refractivity contribution < 1.29 is 9.90 Å². The Morgan fingerprint density at radius 1 is 1.32 bits per heavy atom. The van der Waals surface area contributed by atoms with E-state index < -0.39 is 0 Å². The smallest absolute Gasteiger partial charge is 0.225 e. The SMILES string of the molecule is C[C@H]1CN(C(C)(C)C)C[C@H]1C(=O)N[C@@H](CO)c1ccccc1. The Hall–Kier alpha value is -1.39. The van der Waals surface area contributed by atoms with Gasteiger partial charge in [0.1, 0.15) is 0 Å². The zero-order chi connectivity index (χ0) is 16.3. The molecule has 2 N–H and O–H groups in total. The maximum atomic E-state index is 12.6. The number of aliphatic hydroxyl groups is 1. The molecule has 1 aromatic rings. The van der Waals surface area contributed by atoms with Crippen molar-refractivity contribution in [2.75, 3.05) is 19.7 Å². The molecule has 0 saturated carbocycles. The van der Waals surface area contributed by atoms with Crippen molar-refractivity contribution in [3.05, 3.63) is 35.9 Å². The highest BCUT2D eigenvalue weighted by Crippen LogP contribution is 2.29. The van der Waals surface area contributed by atoms with E-state index in [1.807, 2.05) is 30.3 Å². The second-order valence-electron chi connectivity index (χ2n) is 7.31. The minimum absolute atomic E-state index is 0.0167. The maximum absolute atomic E-state index is 12.6. The van der Waals surface area contributed by atoms with Crippen LogP contribution in [0.5, 0.6) is 0 Å². The number of aliphatic hydroxyl groups excluding tert-OH is 1. The Balaban J connectivity index is 2.02. The summed E-state index contributed by atoms with van der Waals surface area (Å²) in [6.07, 6.45) is 0. The minimum atomic E-state index is -0.329. The predicted molar refractivity (Wildman–Crippen MR) is 88.4 cm³/mol. The molecule has 2 rings (SSSR count). The second-order valence-corrected chi connectivity index (χ2v) is 7.31. The molecule has 0 spiro atoms. The van der Waals surface area contributed by atoms with Gasteiger partial charge in [-0.3, -0.25) is 9.69 Å². The third-order valence-electron chi connectivity index (χ3n) is 4.60. The average Bonchev–Trinajstić information content (AvgIpc) is 2.87. The third kappa shape index (κ3) is 3.87. The summed E-state index contributed by atoms with van der Waals surface area (Å²) in [5.41, 5.74) is 1.02. The Labute approximate surface area is 133 Å². The number of carbonyl (C=O) groups is 1. The molecule has 1 saturated heterocycles. The second kappa shape index (κ2) is 6.80. The highest BCUT2D eigenvalue weighted by molar-refractivity contribution is 5.80. The molecule has 0 radical (unpaired) electrons. The molecule has 22 heavy (non-hydrogen) atoms. The Bertz CT molecular complexity index is 496. The van der Waals surface area contributed by atoms with Crippen molar-refractivity contribution in [2.24, 2.45) is 11.8 Å². The number of rotatable bonds is 4. The van der Waals surface area contributed by atoms with E-state index in [2.05, 4.69) is 37.9 Å². The lowest BCUT2D eigenvalue weighted by atomic mass is 9.96. The normalized spacial score (nSPS) is 24.2. The van der Waals surface area contributed by atoms with Gasteiger partial charge in [-0.1, -0.05) is 37.3 Å². The van der Waals surface area contributed by atoms with Crippen LogP contribution in [0.25, 0.3) is 0 Å². The number of nitrogens with one attached hydrogen (secondary N) is 1. The van der Waals surface area contributed by atoms with Gasteiger partial charge in [0.25, 0.3) is 0 Å². The van der Waals surface area contributed by atoms with E-state index >= 15 is 0 Å². The number of hydrogen-bond acceptors (Lipinski definition) is 3. The van der Waals surface area contributed by atoms with Gasteiger partial charge in [0, 0.05) is 18.6 Å². The van der Waals surface area contributed by atoms with Crippen LogP contribution >= 0.6 is 0 Å². The summed E-state index contributed by atoms with van der Waals surface area (Å²) in [5, 5.41) is 12.6. The monoisotopic (exact) mass is 304 g/mol. The summed E-state index contributed by atoms with van der Waals surface area (Å²) in [6, 6.07) is 9.30. The highest BCUT2D eigenvalue weighted by Gasteiger charge is 2.39. The molecule has 4 heteroatoms. The summed E-state index contributed by atoms with van der Waals surface area (Å²) >= 11 is 0. The van der Waals surface area contributed by atoms with E-state index in [9.17, 15) is 9.90 Å². The largest absolute Gasteiger partial charge is 0.394 e. The predicted octanol–water partition coefficient (Wildman–Crippen LogP) is 2.20. The van der Waals surface area contributed by atoms with Crippen LogP contribution < -0.4 is 5.32 Å². The summed E-state index contributed by atoms with van der Waals surface area (Å²) in [6.45, 7) is 10.3. The van der Waals surface area contributed by atoms with Crippen molar-refractivity contribution in [3.8, 4) is 0 Å². The molecule has 0 unspecified atom stereocenters. The van der Waals surface area contributed by atoms with Crippen LogP contribution in [0.2, 0.25) is 0 Å². The van der Waals surface area contributed by atoms with Gasteiger partial charge in [0.15, 0.2) is 0 Å². The van der Waals surface area contributed by atoms with Crippen molar-refractivity contribution >= 4 is 5.91 Å². The average molecular weight is 304 g/mol. The Morgan fingerprint density at radius 2 is 1.95 bits per heavy atom. The fraction of sp³-hybridized carbons (Fsp3) is 0.611. The van der Waals surface area contributed by atoms with Crippen molar-refractivity contribution in [1.29, 1.82) is 0 Å². The Morgan fingerprint density at radius 3 is 2.45 bits per heavy atom. The molecular weight excluding hydrogens is 276 g/mol. The van der Waals surface area contributed by atoms with Crippen LogP contribution in [0.15, 0.2) is 30.3 Å². The molecule has 1 amide bonds. The zero-order valence-corrected chi connectivity index (χ0v) is 14.0. The van der Waals surface area contributed by atoms with Crippen LogP contribution in [0, 0.1) is 11.8 Å². The Kier molecular flexibility index (Phi) is 5.24. The number of carbonyl (C=O) groups excluding carboxylic acids is 1. The zero-order valence-electron chi connectivity index (χ0n) is 14.0. The summed E-state index contributed by atoms with van der Waals surface area (Å²) in [5.74, 6) is 0.355. The van der Waals surface area contributed by atoms with Crippen LogP contribution in [0.3, 0.4) is 0 Å². The van der Waals surface area contributed by atoms with Gasteiger partial charge in [0.05, 0.1) is 18.6 Å². The van der Waals surface area contributed by atoms with Gasteiger partial charge in [-0.15, -0.1) is 0 Å². The van der Waals surface area contributed by atoms with Gasteiger partial charge in [-0.05, 0) is 32.3 Å². The molecule has 1 aliphatic heterocycles. The number of amides is 1. The molecule has 1 aliphatic rings. The molecule has 0 bridgehead atoms. The van der Waals surface area contributed by atoms with E-state index in [4.69, 9.17) is 0 Å². The van der Waals surface area contributed by atoms with Crippen LogP contribution in [0.4, 0.5) is 0 Å². The first-order valence-electron chi connectivity index (χ1n) is 8.04. The number of hydrogen-bond donors (Lipinski definition) is 2. The number of nitrogens with zero attached hydrogens (tertiary/aromatic N) is 1. The molecule has 1 aromatic carbocycles. The third-order valence-corrected chi connectivity index (χ3v) is 4.60. The summed E-state index contributed by atoms with van der Waals surface area (Å²) in [7, 11) is 0. The molecule has 0 aromatic heterocycles. The molecular formula is C18H28N2O2. The molecule has 0 aliphatic carbocycles. The van der Waals surface area contributed by atoms with Gasteiger partial charge in [-0.25, -0.2) is 0 Å². The van der Waals surface area contributed by atoms with Crippen molar-refractivity contribution in [2.45, 2.75) is 39.3 Å². The maximum Gasteiger partial charge on any atom is 0.225 e. The lowest BCUT2D eigenvalue weighted by molar-refractivity contribution is -0.126. The minimum Gasteiger partial charge on any atom is -0.394 e. The van der Waals surface area contributed by atoms with Crippen LogP contribution in [-0.4, -0.2) is 41.1 Å². The fourth-order valence-electron chi connectivity index (χ4n) is 3.05. The number of likely N-dealkylation sites (tertiary alicyclic amines) is 1. The van der Waals surface area contributed by atoms with Crippen LogP contribution in [0.1, 0.15) is 39.3 Å². The highest BCUT2D eigenvalue weighted by atomic mass is 16.3. The standard InChI is InChI=1S/C18H28N2O2/c1-13-10-20(18(2,3)4)11-15(13)17(22)19-16(12-21)14-8-6-5-7-9-14/h5-9,13,15-16,21H,10-12H2,1-4H3,(H,19,22)/t13-,15+,16-/m0/s1. The summed E-state index contributed by atoms with van der Waals surface area (Å²) < 4.78 is 0. The quantitative estimate of drug-likeness (QED) is 0.896. The first-order valence-corrected chi connectivity index (χ1v) is 8.04. The molecule has 1 fully saturated rings. The van der Waals surface area contributed by atoms with Crippen LogP contribution in [-0.2, 0) is 4.79 Å². The van der Waals surface area contributed by atoms with E-state index in [0.717, 1.165) is 18.7 Å². The molecule has 122 valence electrons. The molecule has 4 nitrogen and oxygen atoms in total. The lowest BCUT2D eigenvalue weighted by Gasteiger charge is -2.31. The molecule has 1 heterocycles. The van der Waals surface area contributed by atoms with Gasteiger partial charge < -0.3 is 10.4 Å². The first kappa shape index (κ1) is 17.0. The lowest BCUT2D eigenvalue weighted by Crippen LogP contribution is -2.42. The molecule has 3 atom stereocenters. The summed E-state index contributed by atoms with van der Waals surface area (Å²) in [4.78, 5) is 15.0. The van der Waals surface area contributed by atoms with Gasteiger partial charge in [-0.2, -0.15) is 0 Å². The van der Waals surface area contributed by atoms with E-state index in [-0.39, 0.29) is 30.0 Å². The van der Waals surface area contributed by atoms with Crippen molar-refractivity contribution in [1.82, 2.24) is 10.2 Å². The fourth-order valence-corrected chi connectivity index (χ4v) is 3.05. The number of benzene rings is 1. The van der Waals surface area contributed by atoms with E-state index in [1.165, 1.54) is 0 Å². The van der Waals surface area contributed by atoms with Gasteiger partial charge >= 0.3 is 0 Å². The van der Waals surface area contributed by atoms with E-state index in [1.54, 1.807) is 0 Å². The topological polar surface area (TPSA) is 52.6 Å². The van der Waals surface area contributed by atoms with Gasteiger partial charge in [0.2, 0.25) is 5.91 Å². The first-order chi connectivity index (χ1) is 10.3. The van der Waals surface area contributed by atoms with E-state index in [0.29, 0.717) is 5.92 Å².